The van der Waals surface area contributed by atoms with E-state index in [-0.39, 0.29) is 22.4 Å². The zero-order valence-corrected chi connectivity index (χ0v) is 10.6. The third-order valence-electron chi connectivity index (χ3n) is 2.85. The molecule has 6 nitrogen and oxygen atoms in total. The van der Waals surface area contributed by atoms with Crippen molar-refractivity contribution in [3.05, 3.63) is 53.6 Å². The van der Waals surface area contributed by atoms with Crippen LogP contribution < -0.4 is 0 Å². The van der Waals surface area contributed by atoms with Crippen molar-refractivity contribution in [1.29, 1.82) is 0 Å². The van der Waals surface area contributed by atoms with E-state index in [1.807, 2.05) is 0 Å². The lowest BCUT2D eigenvalue weighted by Gasteiger charge is -2.11. The SMILES string of the molecule is [O]C(=O)/C=C(\c1ccc(O)c(O)c1)c1cccc(O)c1O. The molecule has 107 valence electrons. The van der Waals surface area contributed by atoms with Crippen LogP contribution in [0, 0.1) is 0 Å². The molecule has 2 aromatic carbocycles. The maximum absolute atomic E-state index is 10.9. The van der Waals surface area contributed by atoms with E-state index in [0.29, 0.717) is 0 Å². The zero-order valence-electron chi connectivity index (χ0n) is 10.6. The van der Waals surface area contributed by atoms with Gasteiger partial charge in [0.15, 0.2) is 23.0 Å². The van der Waals surface area contributed by atoms with Crippen molar-refractivity contribution in [1.82, 2.24) is 0 Å². The molecule has 0 aliphatic rings. The Balaban J connectivity index is 2.67. The van der Waals surface area contributed by atoms with Crippen LogP contribution in [-0.4, -0.2) is 26.4 Å². The molecule has 1 radical (unpaired) electrons. The van der Waals surface area contributed by atoms with Crippen molar-refractivity contribution < 1.29 is 30.3 Å². The highest BCUT2D eigenvalue weighted by atomic mass is 16.4. The number of hydrogen-bond donors (Lipinski definition) is 4. The molecule has 0 heterocycles. The van der Waals surface area contributed by atoms with Crippen molar-refractivity contribution in [3.8, 4) is 23.0 Å². The number of para-hydroxylation sites is 1. The number of benzene rings is 2. The molecule has 0 aliphatic carbocycles. The molecule has 0 unspecified atom stereocenters. The predicted molar refractivity (Wildman–Crippen MR) is 72.3 cm³/mol. The van der Waals surface area contributed by atoms with Gasteiger partial charge in [-0.05, 0) is 23.8 Å². The van der Waals surface area contributed by atoms with Gasteiger partial charge in [-0.3, -0.25) is 0 Å². The van der Waals surface area contributed by atoms with Gasteiger partial charge in [-0.1, -0.05) is 18.2 Å². The first kappa shape index (κ1) is 14.3. The molecule has 0 saturated heterocycles. The second-order valence-electron chi connectivity index (χ2n) is 4.25. The van der Waals surface area contributed by atoms with Crippen LogP contribution in [0.1, 0.15) is 11.1 Å². The van der Waals surface area contributed by atoms with Crippen molar-refractivity contribution in [2.24, 2.45) is 0 Å². The summed E-state index contributed by atoms with van der Waals surface area (Å²) in [7, 11) is 0. The Bertz CT molecular complexity index is 733. The van der Waals surface area contributed by atoms with Gasteiger partial charge in [0.1, 0.15) is 0 Å². The molecule has 0 fully saturated rings. The number of rotatable bonds is 3. The average Bonchev–Trinajstić information content (AvgIpc) is 2.42. The van der Waals surface area contributed by atoms with Crippen LogP contribution >= 0.6 is 0 Å². The quantitative estimate of drug-likeness (QED) is 0.508. The molecule has 2 rings (SSSR count). The van der Waals surface area contributed by atoms with E-state index in [0.717, 1.165) is 12.1 Å². The maximum Gasteiger partial charge on any atom is 0.379 e. The monoisotopic (exact) mass is 287 g/mol. The summed E-state index contributed by atoms with van der Waals surface area (Å²) >= 11 is 0. The molecule has 0 bridgehead atoms. The van der Waals surface area contributed by atoms with Gasteiger partial charge in [-0.2, -0.15) is 0 Å². The summed E-state index contributed by atoms with van der Waals surface area (Å²) in [6.45, 7) is 0. The van der Waals surface area contributed by atoms with Crippen LogP contribution in [0.25, 0.3) is 5.57 Å². The zero-order chi connectivity index (χ0) is 15.6. The highest BCUT2D eigenvalue weighted by Gasteiger charge is 2.15. The Morgan fingerprint density at radius 3 is 2.24 bits per heavy atom. The van der Waals surface area contributed by atoms with Crippen LogP contribution in [0.5, 0.6) is 23.0 Å². The lowest BCUT2D eigenvalue weighted by Crippen LogP contribution is -1.94. The van der Waals surface area contributed by atoms with Gasteiger partial charge < -0.3 is 20.4 Å². The molecular weight excluding hydrogens is 276 g/mol. The Morgan fingerprint density at radius 1 is 0.905 bits per heavy atom. The second-order valence-corrected chi connectivity index (χ2v) is 4.25. The van der Waals surface area contributed by atoms with Gasteiger partial charge in [-0.25, -0.2) is 9.90 Å². The maximum atomic E-state index is 10.9. The lowest BCUT2D eigenvalue weighted by atomic mass is 9.96. The van der Waals surface area contributed by atoms with E-state index in [1.54, 1.807) is 0 Å². The highest BCUT2D eigenvalue weighted by Crippen LogP contribution is 2.38. The fraction of sp³-hybridized carbons (Fsp3) is 0. The molecule has 0 aromatic heterocycles. The minimum absolute atomic E-state index is 0.0127. The Kier molecular flexibility index (Phi) is 3.71. The Morgan fingerprint density at radius 2 is 1.62 bits per heavy atom. The van der Waals surface area contributed by atoms with Gasteiger partial charge in [0, 0.05) is 17.2 Å². The normalized spacial score (nSPS) is 11.3. The third kappa shape index (κ3) is 2.89. The predicted octanol–water partition coefficient (Wildman–Crippen LogP) is 1.90. The number of phenolic OH excluding ortho intramolecular Hbond substituents is 4. The van der Waals surface area contributed by atoms with E-state index < -0.39 is 23.2 Å². The van der Waals surface area contributed by atoms with Gasteiger partial charge >= 0.3 is 5.97 Å². The van der Waals surface area contributed by atoms with Crippen LogP contribution in [0.15, 0.2) is 42.5 Å². The summed E-state index contributed by atoms with van der Waals surface area (Å²) in [5.41, 5.74) is 0.276. The first-order valence-electron chi connectivity index (χ1n) is 5.86. The van der Waals surface area contributed by atoms with Crippen molar-refractivity contribution in [2.75, 3.05) is 0 Å². The van der Waals surface area contributed by atoms with Gasteiger partial charge in [-0.15, -0.1) is 0 Å². The van der Waals surface area contributed by atoms with Gasteiger partial charge in [0.2, 0.25) is 0 Å². The van der Waals surface area contributed by atoms with E-state index in [4.69, 9.17) is 0 Å². The van der Waals surface area contributed by atoms with Crippen molar-refractivity contribution in [2.45, 2.75) is 0 Å². The standard InChI is InChI=1S/C15H11O6/c16-11-5-4-8(6-13(11)18)10(7-14(19)20)9-2-1-3-12(17)15(9)21/h1-7,16-18,21H/b10-7+. The number of carbonyl (C=O) groups is 1. The largest absolute Gasteiger partial charge is 0.504 e. The number of aromatic hydroxyl groups is 4. The number of carbonyl (C=O) groups excluding carboxylic acids is 1. The molecular formula is C15H11O6. The first-order valence-corrected chi connectivity index (χ1v) is 5.86. The second kappa shape index (κ2) is 5.46. The fourth-order valence-corrected chi connectivity index (χ4v) is 1.87. The molecule has 2 aromatic rings. The highest BCUT2D eigenvalue weighted by molar-refractivity contribution is 5.96. The minimum Gasteiger partial charge on any atom is -0.504 e. The lowest BCUT2D eigenvalue weighted by molar-refractivity contribution is -0.137. The van der Waals surface area contributed by atoms with E-state index in [2.05, 4.69) is 0 Å². The molecule has 0 aliphatic heterocycles. The van der Waals surface area contributed by atoms with Gasteiger partial charge in [0.25, 0.3) is 0 Å². The summed E-state index contributed by atoms with van der Waals surface area (Å²) in [5, 5.41) is 49.0. The summed E-state index contributed by atoms with van der Waals surface area (Å²) < 4.78 is 0. The van der Waals surface area contributed by atoms with E-state index >= 15 is 0 Å². The van der Waals surface area contributed by atoms with E-state index in [1.165, 1.54) is 30.3 Å². The summed E-state index contributed by atoms with van der Waals surface area (Å²) in [6.07, 6.45) is 0.723. The minimum atomic E-state index is -1.51. The van der Waals surface area contributed by atoms with Gasteiger partial charge in [0.05, 0.1) is 0 Å². The summed E-state index contributed by atoms with van der Waals surface area (Å²) in [6, 6.07) is 7.72. The Labute approximate surface area is 119 Å². The number of phenols is 4. The average molecular weight is 287 g/mol. The molecule has 0 spiro atoms. The van der Waals surface area contributed by atoms with Crippen LogP contribution in [0.4, 0.5) is 0 Å². The molecule has 6 heteroatoms. The smallest absolute Gasteiger partial charge is 0.379 e. The van der Waals surface area contributed by atoms with Crippen LogP contribution in [-0.2, 0) is 9.90 Å². The van der Waals surface area contributed by atoms with Crippen molar-refractivity contribution in [3.63, 3.8) is 0 Å². The van der Waals surface area contributed by atoms with Crippen LogP contribution in [0.3, 0.4) is 0 Å². The molecule has 21 heavy (non-hydrogen) atoms. The van der Waals surface area contributed by atoms with Crippen molar-refractivity contribution >= 4 is 11.5 Å². The van der Waals surface area contributed by atoms with E-state index in [9.17, 15) is 30.3 Å². The molecule has 0 saturated carbocycles. The molecule has 4 N–H and O–H groups in total. The summed E-state index contributed by atoms with van der Waals surface area (Å²) in [4.78, 5) is 10.9. The van der Waals surface area contributed by atoms with Crippen LogP contribution in [0.2, 0.25) is 0 Å². The third-order valence-corrected chi connectivity index (χ3v) is 2.85. The number of hydrogen-bond acceptors (Lipinski definition) is 5. The Hall–Kier alpha value is -3.15. The molecule has 0 atom stereocenters. The summed E-state index contributed by atoms with van der Waals surface area (Å²) in [5.74, 6) is -3.25. The topological polar surface area (TPSA) is 118 Å². The fourth-order valence-electron chi connectivity index (χ4n) is 1.87. The molecule has 0 amide bonds. The first-order chi connectivity index (χ1) is 9.90.